The minimum atomic E-state index is -0.908. The Labute approximate surface area is 198 Å². The summed E-state index contributed by atoms with van der Waals surface area (Å²) in [5, 5.41) is 7.88. The molecule has 0 saturated heterocycles. The molecule has 3 aromatic heterocycles. The number of carbonyl (C=O) groups is 1. The smallest absolute Gasteiger partial charge is 0.265 e. The summed E-state index contributed by atoms with van der Waals surface area (Å²) in [5.41, 5.74) is 0.188. The van der Waals surface area contributed by atoms with Crippen molar-refractivity contribution in [3.8, 4) is 11.6 Å². The van der Waals surface area contributed by atoms with Crippen molar-refractivity contribution in [1.29, 1.82) is 0 Å². The first-order valence-electron chi connectivity index (χ1n) is 12.0. The van der Waals surface area contributed by atoms with Crippen LogP contribution in [0.15, 0.2) is 54.8 Å². The summed E-state index contributed by atoms with van der Waals surface area (Å²) >= 11 is 0. The highest BCUT2D eigenvalue weighted by molar-refractivity contribution is 6.07. The molecule has 3 heterocycles. The van der Waals surface area contributed by atoms with Gasteiger partial charge in [-0.05, 0) is 49.0 Å². The average Bonchev–Trinajstić information content (AvgIpc) is 3.57. The highest BCUT2D eigenvalue weighted by atomic mass is 19.1. The molecule has 8 nitrogen and oxygen atoms in total. The standard InChI is InChI=1S/C24H21F2N5O3/c1-33-23-19(5-3-9-27-23)24(32)30(21-6-2-4-18-12-28-29-31(18)21)13-16-10-17(25)11-20(26)22(16)34-14-15-7-8-15/h2-6,9-12,15H,7-8,13-14H2,1H3/i3D,5D,9D. The van der Waals surface area contributed by atoms with E-state index in [0.717, 1.165) is 23.8 Å². The lowest BCUT2D eigenvalue weighted by atomic mass is 10.1. The van der Waals surface area contributed by atoms with Gasteiger partial charge in [-0.2, -0.15) is 4.52 Å². The van der Waals surface area contributed by atoms with Gasteiger partial charge in [-0.3, -0.25) is 9.69 Å². The summed E-state index contributed by atoms with van der Waals surface area (Å²) < 4.78 is 65.6. The van der Waals surface area contributed by atoms with Gasteiger partial charge in [-0.25, -0.2) is 13.8 Å². The number of methoxy groups -OCH3 is 1. The molecule has 1 amide bonds. The zero-order chi connectivity index (χ0) is 26.3. The number of ether oxygens (including phenoxy) is 2. The van der Waals surface area contributed by atoms with Gasteiger partial charge in [0.25, 0.3) is 5.91 Å². The second-order valence-corrected chi connectivity index (χ2v) is 7.83. The van der Waals surface area contributed by atoms with Crippen molar-refractivity contribution in [2.75, 3.05) is 18.6 Å². The summed E-state index contributed by atoms with van der Waals surface area (Å²) in [5.74, 6) is -2.68. The Morgan fingerprint density at radius 3 is 2.97 bits per heavy atom. The number of benzene rings is 1. The predicted octanol–water partition coefficient (Wildman–Crippen LogP) is 4.05. The first-order chi connectivity index (χ1) is 17.8. The number of aromatic nitrogens is 4. The molecule has 0 bridgehead atoms. The number of pyridine rings is 2. The van der Waals surface area contributed by atoms with E-state index < -0.39 is 41.4 Å². The van der Waals surface area contributed by atoms with Crippen molar-refractivity contribution in [1.82, 2.24) is 19.8 Å². The topological polar surface area (TPSA) is 81.8 Å². The van der Waals surface area contributed by atoms with Crippen LogP contribution in [0.5, 0.6) is 11.6 Å². The third-order valence-corrected chi connectivity index (χ3v) is 5.42. The van der Waals surface area contributed by atoms with Crippen LogP contribution in [-0.4, -0.2) is 39.4 Å². The lowest BCUT2D eigenvalue weighted by molar-refractivity contribution is 0.0979. The van der Waals surface area contributed by atoms with Crippen molar-refractivity contribution < 1.29 is 27.2 Å². The van der Waals surface area contributed by atoms with Crippen LogP contribution in [0.25, 0.3) is 5.52 Å². The van der Waals surface area contributed by atoms with Crippen LogP contribution in [0.3, 0.4) is 0 Å². The quantitative estimate of drug-likeness (QED) is 0.388. The van der Waals surface area contributed by atoms with Gasteiger partial charge >= 0.3 is 0 Å². The second-order valence-electron chi connectivity index (χ2n) is 7.83. The molecule has 1 fully saturated rings. The maximum atomic E-state index is 14.8. The van der Waals surface area contributed by atoms with Crippen LogP contribution in [0.2, 0.25) is 0 Å². The Kier molecular flexibility index (Phi) is 4.88. The van der Waals surface area contributed by atoms with Gasteiger partial charge in [0.1, 0.15) is 17.2 Å². The van der Waals surface area contributed by atoms with E-state index in [1.807, 2.05) is 0 Å². The Morgan fingerprint density at radius 1 is 1.32 bits per heavy atom. The summed E-state index contributed by atoms with van der Waals surface area (Å²) in [6, 6.07) is 5.53. The SMILES string of the molecule is [2H]c1nc(OC)c(C(=O)N(Cc2cc(F)cc(F)c2OCC2CC2)c2cccc3cnnn23)c([2H])c1[2H]. The van der Waals surface area contributed by atoms with E-state index in [9.17, 15) is 13.6 Å². The number of hydrogen-bond acceptors (Lipinski definition) is 6. The van der Waals surface area contributed by atoms with Crippen molar-refractivity contribution in [2.45, 2.75) is 19.4 Å². The van der Waals surface area contributed by atoms with E-state index in [2.05, 4.69) is 15.3 Å². The van der Waals surface area contributed by atoms with Crippen LogP contribution in [-0.2, 0) is 6.54 Å². The minimum absolute atomic E-state index is 0.0466. The molecule has 174 valence electrons. The van der Waals surface area contributed by atoms with Gasteiger partial charge in [0, 0.05) is 17.8 Å². The fraction of sp³-hybridized carbons (Fsp3) is 0.250. The van der Waals surface area contributed by atoms with Crippen LogP contribution >= 0.6 is 0 Å². The molecule has 0 aliphatic heterocycles. The first-order valence-corrected chi connectivity index (χ1v) is 10.5. The third kappa shape index (κ3) is 4.26. The number of rotatable bonds is 8. The van der Waals surface area contributed by atoms with Gasteiger partial charge in [0.15, 0.2) is 11.6 Å². The molecule has 1 aliphatic rings. The Morgan fingerprint density at radius 2 is 2.18 bits per heavy atom. The number of carbonyl (C=O) groups excluding carboxylic acids is 1. The molecule has 4 aromatic rings. The number of amides is 1. The zero-order valence-corrected chi connectivity index (χ0v) is 18.1. The lowest BCUT2D eigenvalue weighted by Crippen LogP contribution is -2.33. The van der Waals surface area contributed by atoms with Gasteiger partial charge in [-0.1, -0.05) is 11.3 Å². The second kappa shape index (κ2) is 9.05. The molecule has 0 spiro atoms. The molecule has 10 heteroatoms. The van der Waals surface area contributed by atoms with Crippen molar-refractivity contribution in [3.63, 3.8) is 0 Å². The van der Waals surface area contributed by atoms with E-state index >= 15 is 0 Å². The highest BCUT2D eigenvalue weighted by Crippen LogP contribution is 2.33. The van der Waals surface area contributed by atoms with E-state index in [0.29, 0.717) is 17.5 Å². The predicted molar refractivity (Wildman–Crippen MR) is 119 cm³/mol. The van der Waals surface area contributed by atoms with Gasteiger partial charge in [-0.15, -0.1) is 5.10 Å². The van der Waals surface area contributed by atoms with Crippen molar-refractivity contribution >= 4 is 17.2 Å². The van der Waals surface area contributed by atoms with E-state index in [1.165, 1.54) is 17.8 Å². The first kappa shape index (κ1) is 18.4. The van der Waals surface area contributed by atoms with Crippen molar-refractivity contribution in [3.05, 3.63) is 77.5 Å². The molecule has 0 atom stereocenters. The van der Waals surface area contributed by atoms with Crippen LogP contribution in [0, 0.1) is 17.6 Å². The molecule has 5 rings (SSSR count). The number of nitrogens with zero attached hydrogens (tertiary/aromatic N) is 5. The van der Waals surface area contributed by atoms with Crippen LogP contribution in [0.4, 0.5) is 14.6 Å². The molecule has 34 heavy (non-hydrogen) atoms. The number of anilines is 1. The molecule has 0 N–H and O–H groups in total. The molecule has 1 aromatic carbocycles. The Balaban J connectivity index is 1.66. The molecule has 1 aliphatic carbocycles. The third-order valence-electron chi connectivity index (χ3n) is 5.42. The maximum Gasteiger partial charge on any atom is 0.265 e. The molecule has 0 unspecified atom stereocenters. The number of halogens is 2. The maximum absolute atomic E-state index is 14.8. The fourth-order valence-electron chi connectivity index (χ4n) is 3.55. The minimum Gasteiger partial charge on any atom is -0.490 e. The van der Waals surface area contributed by atoms with E-state index in [-0.39, 0.29) is 36.2 Å². The van der Waals surface area contributed by atoms with Crippen LogP contribution < -0.4 is 14.4 Å². The van der Waals surface area contributed by atoms with E-state index in [1.54, 1.807) is 18.2 Å². The molecular weight excluding hydrogens is 444 g/mol. The van der Waals surface area contributed by atoms with Crippen molar-refractivity contribution in [2.24, 2.45) is 5.92 Å². The molecule has 1 saturated carbocycles. The number of fused-ring (bicyclic) bond motifs is 1. The normalized spacial score (nSPS) is 14.4. The molecular formula is C24H21F2N5O3. The summed E-state index contributed by atoms with van der Waals surface area (Å²) in [4.78, 5) is 18.9. The van der Waals surface area contributed by atoms with E-state index in [4.69, 9.17) is 13.6 Å². The summed E-state index contributed by atoms with van der Waals surface area (Å²) in [6.45, 7) is -0.130. The largest absolute Gasteiger partial charge is 0.490 e. The zero-order valence-electron chi connectivity index (χ0n) is 21.1. The average molecular weight is 468 g/mol. The Hall–Kier alpha value is -4.08. The van der Waals surface area contributed by atoms with Gasteiger partial charge in [0.2, 0.25) is 5.88 Å². The number of hydrogen-bond donors (Lipinski definition) is 0. The highest BCUT2D eigenvalue weighted by Gasteiger charge is 2.28. The van der Waals surface area contributed by atoms with Gasteiger partial charge in [0.05, 0.1) is 36.1 Å². The monoisotopic (exact) mass is 468 g/mol. The van der Waals surface area contributed by atoms with Gasteiger partial charge < -0.3 is 9.47 Å². The summed E-state index contributed by atoms with van der Waals surface area (Å²) in [7, 11) is 1.22. The molecule has 0 radical (unpaired) electrons. The fourth-order valence-corrected chi connectivity index (χ4v) is 3.55. The summed E-state index contributed by atoms with van der Waals surface area (Å²) in [6.07, 6.45) is 2.84. The lowest BCUT2D eigenvalue weighted by Gasteiger charge is -2.25. The Bertz CT molecular complexity index is 1510. The van der Waals surface area contributed by atoms with Crippen LogP contribution in [0.1, 0.15) is 32.9 Å².